The molecule has 0 bridgehead atoms. The number of para-hydroxylation sites is 2. The number of aliphatic hydroxyl groups excluding tert-OH is 1. The number of likely N-dealkylation sites (N-methyl/N-ethyl adjacent to an activating group) is 1. The molecule has 1 fully saturated rings. The van der Waals surface area contributed by atoms with Crippen LogP contribution in [0.1, 0.15) is 18.5 Å². The Morgan fingerprint density at radius 1 is 1.41 bits per heavy atom. The Balaban J connectivity index is 1.64. The first-order valence-corrected chi connectivity index (χ1v) is 7.46. The van der Waals surface area contributed by atoms with Gasteiger partial charge in [0.2, 0.25) is 5.91 Å². The van der Waals surface area contributed by atoms with Crippen molar-refractivity contribution >= 4 is 23.0 Å². The standard InChI is InChI=1S/C17H19N3O2/c1-20(11-16(21)12-6-7-12)17(22)9-8-13-10-18-14-4-2-3-5-15(14)19-13/h2-5,8-10,12,16,21H,6-7,11H2,1H3. The lowest BCUT2D eigenvalue weighted by molar-refractivity contribution is -0.126. The third-order valence-corrected chi connectivity index (χ3v) is 3.87. The number of aromatic nitrogens is 2. The smallest absolute Gasteiger partial charge is 0.246 e. The molecule has 0 radical (unpaired) electrons. The molecule has 114 valence electrons. The van der Waals surface area contributed by atoms with Crippen molar-refractivity contribution in [2.24, 2.45) is 5.92 Å². The van der Waals surface area contributed by atoms with Gasteiger partial charge in [-0.2, -0.15) is 0 Å². The first-order valence-electron chi connectivity index (χ1n) is 7.46. The van der Waals surface area contributed by atoms with E-state index in [0.29, 0.717) is 18.2 Å². The summed E-state index contributed by atoms with van der Waals surface area (Å²) in [6, 6.07) is 7.60. The van der Waals surface area contributed by atoms with Crippen LogP contribution >= 0.6 is 0 Å². The predicted octanol–water partition coefficient (Wildman–Crippen LogP) is 1.87. The molecule has 5 nitrogen and oxygen atoms in total. The lowest BCUT2D eigenvalue weighted by Crippen LogP contribution is -2.34. The zero-order valence-electron chi connectivity index (χ0n) is 12.5. The van der Waals surface area contributed by atoms with Crippen molar-refractivity contribution in [2.75, 3.05) is 13.6 Å². The van der Waals surface area contributed by atoms with Gasteiger partial charge in [-0.25, -0.2) is 4.98 Å². The Labute approximate surface area is 129 Å². The summed E-state index contributed by atoms with van der Waals surface area (Å²) in [5.74, 6) is 0.222. The quantitative estimate of drug-likeness (QED) is 0.856. The maximum atomic E-state index is 12.0. The summed E-state index contributed by atoms with van der Waals surface area (Å²) in [4.78, 5) is 22.3. The van der Waals surface area contributed by atoms with Gasteiger partial charge in [0.15, 0.2) is 0 Å². The van der Waals surface area contributed by atoms with Crippen molar-refractivity contribution < 1.29 is 9.90 Å². The Hall–Kier alpha value is -2.27. The van der Waals surface area contributed by atoms with Gasteiger partial charge in [-0.05, 0) is 37.0 Å². The van der Waals surface area contributed by atoms with Gasteiger partial charge < -0.3 is 10.0 Å². The van der Waals surface area contributed by atoms with Crippen LogP contribution in [0.5, 0.6) is 0 Å². The van der Waals surface area contributed by atoms with Crippen molar-refractivity contribution in [2.45, 2.75) is 18.9 Å². The molecule has 1 heterocycles. The minimum absolute atomic E-state index is 0.144. The molecule has 5 heteroatoms. The van der Waals surface area contributed by atoms with Gasteiger partial charge >= 0.3 is 0 Å². The fourth-order valence-corrected chi connectivity index (χ4v) is 2.34. The summed E-state index contributed by atoms with van der Waals surface area (Å²) in [7, 11) is 1.70. The van der Waals surface area contributed by atoms with E-state index in [9.17, 15) is 9.90 Å². The summed E-state index contributed by atoms with van der Waals surface area (Å²) in [5.41, 5.74) is 2.27. The van der Waals surface area contributed by atoms with Crippen LogP contribution < -0.4 is 0 Å². The number of fused-ring (bicyclic) bond motifs is 1. The van der Waals surface area contributed by atoms with Gasteiger partial charge in [0, 0.05) is 19.7 Å². The van der Waals surface area contributed by atoms with Gasteiger partial charge in [0.25, 0.3) is 0 Å². The van der Waals surface area contributed by atoms with Crippen LogP contribution in [0.15, 0.2) is 36.5 Å². The molecule has 22 heavy (non-hydrogen) atoms. The third kappa shape index (κ3) is 3.49. The van der Waals surface area contributed by atoms with E-state index < -0.39 is 6.10 Å². The minimum atomic E-state index is -0.414. The number of benzene rings is 1. The van der Waals surface area contributed by atoms with E-state index in [-0.39, 0.29) is 5.91 Å². The molecular weight excluding hydrogens is 278 g/mol. The van der Waals surface area contributed by atoms with Crippen LogP contribution in [-0.4, -0.2) is 45.6 Å². The second kappa shape index (κ2) is 6.23. The first-order chi connectivity index (χ1) is 10.6. The molecule has 1 aliphatic rings. The highest BCUT2D eigenvalue weighted by molar-refractivity contribution is 5.91. The molecule has 1 saturated carbocycles. The highest BCUT2D eigenvalue weighted by Gasteiger charge is 2.30. The fourth-order valence-electron chi connectivity index (χ4n) is 2.34. The van der Waals surface area contributed by atoms with E-state index in [4.69, 9.17) is 0 Å². The Morgan fingerprint density at radius 3 is 2.86 bits per heavy atom. The number of carbonyl (C=O) groups excluding carboxylic acids is 1. The van der Waals surface area contributed by atoms with Crippen LogP contribution in [0.25, 0.3) is 17.1 Å². The average molecular weight is 297 g/mol. The van der Waals surface area contributed by atoms with Crippen molar-refractivity contribution in [3.05, 3.63) is 42.2 Å². The minimum Gasteiger partial charge on any atom is -0.391 e. The molecule has 0 saturated heterocycles. The van der Waals surface area contributed by atoms with Crippen molar-refractivity contribution in [3.63, 3.8) is 0 Å². The van der Waals surface area contributed by atoms with Gasteiger partial charge in [-0.15, -0.1) is 0 Å². The second-order valence-corrected chi connectivity index (χ2v) is 5.74. The monoisotopic (exact) mass is 297 g/mol. The Morgan fingerprint density at radius 2 is 2.14 bits per heavy atom. The van der Waals surface area contributed by atoms with E-state index in [1.807, 2.05) is 24.3 Å². The fraction of sp³-hybridized carbons (Fsp3) is 0.353. The number of aliphatic hydroxyl groups is 1. The molecule has 1 N–H and O–H groups in total. The van der Waals surface area contributed by atoms with Crippen LogP contribution in [0.4, 0.5) is 0 Å². The first kappa shape index (κ1) is 14.7. The highest BCUT2D eigenvalue weighted by atomic mass is 16.3. The number of rotatable bonds is 5. The van der Waals surface area contributed by atoms with Crippen molar-refractivity contribution in [1.29, 1.82) is 0 Å². The SMILES string of the molecule is CN(CC(O)C1CC1)C(=O)C=Cc1cnc2ccccc2n1. The highest BCUT2D eigenvalue weighted by Crippen LogP contribution is 2.32. The van der Waals surface area contributed by atoms with E-state index >= 15 is 0 Å². The maximum absolute atomic E-state index is 12.0. The largest absolute Gasteiger partial charge is 0.391 e. The molecule has 1 aromatic carbocycles. The number of hydrogen-bond donors (Lipinski definition) is 1. The predicted molar refractivity (Wildman–Crippen MR) is 84.9 cm³/mol. The number of carbonyl (C=O) groups is 1. The summed E-state index contributed by atoms with van der Waals surface area (Å²) in [6.45, 7) is 0.372. The van der Waals surface area contributed by atoms with Crippen molar-refractivity contribution in [3.8, 4) is 0 Å². The summed E-state index contributed by atoms with van der Waals surface area (Å²) in [5, 5.41) is 9.87. The molecule has 0 aliphatic heterocycles. The summed E-state index contributed by atoms with van der Waals surface area (Å²) >= 11 is 0. The van der Waals surface area contributed by atoms with E-state index in [0.717, 1.165) is 23.9 Å². The van der Waals surface area contributed by atoms with Crippen LogP contribution in [0.3, 0.4) is 0 Å². The Kier molecular flexibility index (Phi) is 4.15. The molecule has 1 unspecified atom stereocenters. The molecule has 3 rings (SSSR count). The zero-order chi connectivity index (χ0) is 15.5. The molecule has 2 aromatic rings. The number of nitrogens with zero attached hydrogens (tertiary/aromatic N) is 3. The van der Waals surface area contributed by atoms with E-state index in [2.05, 4.69) is 9.97 Å². The van der Waals surface area contributed by atoms with Crippen molar-refractivity contribution in [1.82, 2.24) is 14.9 Å². The summed E-state index contributed by atoms with van der Waals surface area (Å²) in [6.07, 6.45) is 6.48. The molecular formula is C17H19N3O2. The van der Waals surface area contributed by atoms with Crippen LogP contribution in [0, 0.1) is 5.92 Å². The lowest BCUT2D eigenvalue weighted by Gasteiger charge is -2.19. The van der Waals surface area contributed by atoms with Gasteiger partial charge in [-0.1, -0.05) is 12.1 Å². The number of hydrogen-bond acceptors (Lipinski definition) is 4. The molecule has 1 amide bonds. The zero-order valence-corrected chi connectivity index (χ0v) is 12.5. The Bertz CT molecular complexity index is 710. The average Bonchev–Trinajstić information content (AvgIpc) is 3.37. The third-order valence-electron chi connectivity index (χ3n) is 3.87. The molecule has 1 aromatic heterocycles. The summed E-state index contributed by atoms with van der Waals surface area (Å²) < 4.78 is 0. The van der Waals surface area contributed by atoms with E-state index in [1.54, 1.807) is 19.3 Å². The van der Waals surface area contributed by atoms with E-state index in [1.165, 1.54) is 11.0 Å². The van der Waals surface area contributed by atoms with Gasteiger partial charge in [0.05, 0.1) is 29.0 Å². The van der Waals surface area contributed by atoms with Gasteiger partial charge in [-0.3, -0.25) is 9.78 Å². The van der Waals surface area contributed by atoms with Crippen LogP contribution in [0.2, 0.25) is 0 Å². The van der Waals surface area contributed by atoms with Crippen LogP contribution in [-0.2, 0) is 4.79 Å². The number of amides is 1. The molecule has 1 atom stereocenters. The topological polar surface area (TPSA) is 66.3 Å². The van der Waals surface area contributed by atoms with Gasteiger partial charge in [0.1, 0.15) is 0 Å². The maximum Gasteiger partial charge on any atom is 0.246 e. The normalized spacial score (nSPS) is 16.1. The second-order valence-electron chi connectivity index (χ2n) is 5.74. The molecule has 0 spiro atoms. The molecule has 1 aliphatic carbocycles. The lowest BCUT2D eigenvalue weighted by atomic mass is 10.2.